The molecule has 1 amide bonds. The van der Waals surface area contributed by atoms with Gasteiger partial charge in [0.2, 0.25) is 0 Å². The smallest absolute Gasteiger partial charge is 0.332 e. The number of carbonyl (C=O) groups is 1. The first-order chi connectivity index (χ1) is 14.9. The molecular weight excluding hydrogens is 463 g/mol. The minimum absolute atomic E-state index is 0.0106. The number of hydrogen-bond acceptors (Lipinski definition) is 7. The lowest BCUT2D eigenvalue weighted by atomic mass is 10.1. The fourth-order valence-corrected chi connectivity index (χ4v) is 5.70. The van der Waals surface area contributed by atoms with Crippen LogP contribution in [0.1, 0.15) is 17.5 Å². The summed E-state index contributed by atoms with van der Waals surface area (Å²) in [5.74, 6) is 0.298. The van der Waals surface area contributed by atoms with Crippen LogP contribution in [0.25, 0.3) is 6.08 Å². The minimum atomic E-state index is -1.14. The number of benzene rings is 2. The number of rotatable bonds is 3. The topological polar surface area (TPSA) is 88.3 Å². The summed E-state index contributed by atoms with van der Waals surface area (Å²) < 4.78 is 0. The van der Waals surface area contributed by atoms with E-state index in [-0.39, 0.29) is 11.6 Å². The zero-order valence-corrected chi connectivity index (χ0v) is 18.2. The first-order valence-corrected chi connectivity index (χ1v) is 10.9. The molecule has 5 rings (SSSR count). The van der Waals surface area contributed by atoms with Crippen LogP contribution in [0.5, 0.6) is 0 Å². The summed E-state index contributed by atoms with van der Waals surface area (Å²) in [6, 6.07) is 11.2. The number of amidine groups is 1. The summed E-state index contributed by atoms with van der Waals surface area (Å²) >= 11 is 14.0. The van der Waals surface area contributed by atoms with Gasteiger partial charge >= 0.3 is 5.18 Å². The van der Waals surface area contributed by atoms with Crippen LogP contribution in [-0.4, -0.2) is 44.7 Å². The molecule has 1 unspecified atom stereocenters. The van der Waals surface area contributed by atoms with Gasteiger partial charge in [0.15, 0.2) is 5.84 Å². The maximum atomic E-state index is 13.2. The average Bonchev–Trinajstić information content (AvgIpc) is 3.24. The third-order valence-electron chi connectivity index (χ3n) is 5.24. The number of thioether (sulfide) groups is 1. The lowest BCUT2D eigenvalue weighted by molar-refractivity contribution is -0.384. The van der Waals surface area contributed by atoms with Crippen molar-refractivity contribution < 1.29 is 14.6 Å². The Hall–Kier alpha value is -2.75. The van der Waals surface area contributed by atoms with Gasteiger partial charge in [-0.25, -0.2) is 0 Å². The number of carbonyl (C=O) groups excluding carboxylic acids is 1. The monoisotopic (exact) mass is 476 g/mol. The van der Waals surface area contributed by atoms with Gasteiger partial charge in [0.25, 0.3) is 11.6 Å². The summed E-state index contributed by atoms with van der Waals surface area (Å²) in [4.78, 5) is 33.4. The molecule has 2 aromatic rings. The molecule has 8 nitrogen and oxygen atoms in total. The molecule has 2 aromatic carbocycles. The van der Waals surface area contributed by atoms with Crippen molar-refractivity contribution in [3.8, 4) is 0 Å². The van der Waals surface area contributed by atoms with E-state index >= 15 is 0 Å². The Balaban J connectivity index is 1.49. The summed E-state index contributed by atoms with van der Waals surface area (Å²) in [6.07, 6.45) is 2.43. The molecule has 31 heavy (non-hydrogen) atoms. The second kappa shape index (κ2) is 7.44. The summed E-state index contributed by atoms with van der Waals surface area (Å²) in [5, 5.41) is 14.9. The molecule has 158 valence electrons. The van der Waals surface area contributed by atoms with E-state index in [4.69, 9.17) is 28.0 Å². The van der Waals surface area contributed by atoms with Gasteiger partial charge in [-0.3, -0.25) is 24.7 Å². The second-order valence-corrected chi connectivity index (χ2v) is 9.06. The molecule has 0 N–H and O–H groups in total. The number of non-ortho nitro benzene ring substituents is 1. The highest BCUT2D eigenvalue weighted by molar-refractivity contribution is 8.05. The van der Waals surface area contributed by atoms with Crippen molar-refractivity contribution in [1.29, 1.82) is 0 Å². The third-order valence-corrected chi connectivity index (χ3v) is 7.16. The predicted octanol–water partition coefficient (Wildman–Crippen LogP) is 4.53. The second-order valence-electron chi connectivity index (χ2n) is 7.07. The Kier molecular flexibility index (Phi) is 4.84. The van der Waals surface area contributed by atoms with Crippen molar-refractivity contribution in [3.63, 3.8) is 0 Å². The molecule has 3 aliphatic rings. The first kappa shape index (κ1) is 20.2. The lowest BCUT2D eigenvalue weighted by Crippen LogP contribution is -2.60. The maximum absolute atomic E-state index is 13.2. The Morgan fingerprint density at radius 2 is 1.81 bits per heavy atom. The zero-order chi connectivity index (χ0) is 21.8. The maximum Gasteiger partial charge on any atom is 0.348 e. The van der Waals surface area contributed by atoms with Crippen LogP contribution in [0.4, 0.5) is 5.69 Å². The highest BCUT2D eigenvalue weighted by atomic mass is 35.5. The molecule has 1 atom stereocenters. The summed E-state index contributed by atoms with van der Waals surface area (Å²) in [5.41, 5.74) is 1.23. The summed E-state index contributed by atoms with van der Waals surface area (Å²) in [7, 11) is 0. The van der Waals surface area contributed by atoms with Gasteiger partial charge in [-0.1, -0.05) is 34.4 Å². The van der Waals surface area contributed by atoms with Crippen LogP contribution >= 0.6 is 35.0 Å². The number of nitro groups is 1. The van der Waals surface area contributed by atoms with Crippen LogP contribution in [0.15, 0.2) is 52.5 Å². The predicted molar refractivity (Wildman–Crippen MR) is 119 cm³/mol. The number of halogens is 2. The van der Waals surface area contributed by atoms with E-state index in [0.29, 0.717) is 45.0 Å². The Morgan fingerprint density at radius 1 is 1.13 bits per heavy atom. The van der Waals surface area contributed by atoms with Crippen molar-refractivity contribution in [3.05, 3.63) is 78.7 Å². The van der Waals surface area contributed by atoms with E-state index in [1.807, 2.05) is 4.90 Å². The molecular formula is C20H14Cl2N4O4S. The van der Waals surface area contributed by atoms with Gasteiger partial charge in [-0.15, -0.1) is 0 Å². The molecule has 2 fully saturated rings. The molecule has 0 aliphatic carbocycles. The van der Waals surface area contributed by atoms with E-state index in [1.165, 1.54) is 23.9 Å². The molecule has 0 bridgehead atoms. The largest absolute Gasteiger partial charge is 0.348 e. The third kappa shape index (κ3) is 3.15. The van der Waals surface area contributed by atoms with E-state index in [0.717, 1.165) is 6.42 Å². The fourth-order valence-electron chi connectivity index (χ4n) is 3.81. The quantitative estimate of drug-likeness (QED) is 0.367. The average molecular weight is 477 g/mol. The molecule has 0 aromatic heterocycles. The van der Waals surface area contributed by atoms with Crippen LogP contribution in [0.3, 0.4) is 0 Å². The number of hydrogen-bond donors (Lipinski definition) is 0. The van der Waals surface area contributed by atoms with Crippen molar-refractivity contribution in [2.75, 3.05) is 13.1 Å². The van der Waals surface area contributed by atoms with Gasteiger partial charge in [-0.2, -0.15) is 0 Å². The fraction of sp³-hybridized carbons (Fsp3) is 0.200. The van der Waals surface area contributed by atoms with Crippen LogP contribution in [0.2, 0.25) is 10.0 Å². The highest BCUT2D eigenvalue weighted by Crippen LogP contribution is 2.53. The molecule has 11 heteroatoms. The SMILES string of the molecule is O=C1/C(=C\c2ccc([N+](=O)[O-])cc2)SC23ON=C(c4c(Cl)cccc4Cl)N2CCCN13. The molecule has 0 saturated carbocycles. The molecule has 2 saturated heterocycles. The lowest BCUT2D eigenvalue weighted by Gasteiger charge is -2.42. The Bertz CT molecular complexity index is 1150. The van der Waals surface area contributed by atoms with Gasteiger partial charge in [0.1, 0.15) is 0 Å². The zero-order valence-electron chi connectivity index (χ0n) is 15.8. The molecule has 3 aliphatic heterocycles. The Labute approximate surface area is 191 Å². The number of oxime groups is 1. The highest BCUT2D eigenvalue weighted by Gasteiger charge is 2.62. The number of amides is 1. The molecule has 3 heterocycles. The van der Waals surface area contributed by atoms with Crippen molar-refractivity contribution in [2.45, 2.75) is 11.6 Å². The van der Waals surface area contributed by atoms with Gasteiger partial charge < -0.3 is 4.84 Å². The normalized spacial score (nSPS) is 23.5. The van der Waals surface area contributed by atoms with Gasteiger partial charge in [-0.05, 0) is 54.1 Å². The van der Waals surface area contributed by atoms with Crippen molar-refractivity contribution in [1.82, 2.24) is 9.80 Å². The van der Waals surface area contributed by atoms with E-state index in [9.17, 15) is 14.9 Å². The van der Waals surface area contributed by atoms with Gasteiger partial charge in [0.05, 0.1) is 25.4 Å². The number of nitro benzene ring substituents is 1. The van der Waals surface area contributed by atoms with Gasteiger partial charge in [0, 0.05) is 25.2 Å². The standard InChI is InChI=1S/C20H14Cl2N4O4S/c21-14-3-1-4-15(22)17(14)18-23-30-20-24(18)9-2-10-25(20)19(27)16(31-20)11-12-5-7-13(8-6-12)26(28)29/h1,3-8,11H,2,9-10H2/b16-11+. The van der Waals surface area contributed by atoms with Crippen LogP contribution in [0, 0.1) is 10.1 Å². The number of nitrogens with zero attached hydrogens (tertiary/aromatic N) is 4. The minimum Gasteiger partial charge on any atom is -0.332 e. The van der Waals surface area contributed by atoms with E-state index in [2.05, 4.69) is 5.16 Å². The molecule has 0 radical (unpaired) electrons. The van der Waals surface area contributed by atoms with E-state index < -0.39 is 10.1 Å². The summed E-state index contributed by atoms with van der Waals surface area (Å²) in [6.45, 7) is 1.13. The first-order valence-electron chi connectivity index (χ1n) is 9.36. The van der Waals surface area contributed by atoms with Crippen LogP contribution in [-0.2, 0) is 9.63 Å². The van der Waals surface area contributed by atoms with Crippen molar-refractivity contribution in [2.24, 2.45) is 5.16 Å². The van der Waals surface area contributed by atoms with Crippen LogP contribution < -0.4 is 0 Å². The Morgan fingerprint density at radius 3 is 2.48 bits per heavy atom. The van der Waals surface area contributed by atoms with Crippen molar-refractivity contribution >= 4 is 58.5 Å². The molecule has 1 spiro atoms. The van der Waals surface area contributed by atoms with E-state index in [1.54, 1.807) is 41.3 Å².